The van der Waals surface area contributed by atoms with Crippen molar-refractivity contribution >= 4 is 17.6 Å². The quantitative estimate of drug-likeness (QED) is 0.725. The lowest BCUT2D eigenvalue weighted by molar-refractivity contribution is -0.127. The Kier molecular flexibility index (Phi) is 7.83. The Bertz CT molecular complexity index is 785. The van der Waals surface area contributed by atoms with E-state index in [0.717, 1.165) is 64.1 Å². The summed E-state index contributed by atoms with van der Waals surface area (Å²) in [5.41, 5.74) is 0.287. The van der Waals surface area contributed by atoms with Gasteiger partial charge in [0.25, 0.3) is 0 Å². The molecule has 1 aliphatic heterocycles. The molecule has 7 heteroatoms. The highest BCUT2D eigenvalue weighted by atomic mass is 16.5. The van der Waals surface area contributed by atoms with Gasteiger partial charge in [-0.25, -0.2) is 4.98 Å². The molecule has 1 saturated carbocycles. The fourth-order valence-electron chi connectivity index (χ4n) is 3.96. The molecule has 2 N–H and O–H groups in total. The number of nitrogens with zero attached hydrogens (tertiary/aromatic N) is 2. The average Bonchev–Trinajstić information content (AvgIpc) is 2.74. The molecular weight excluding hydrogens is 380 g/mol. The van der Waals surface area contributed by atoms with E-state index < -0.39 is 5.54 Å². The summed E-state index contributed by atoms with van der Waals surface area (Å²) in [5.74, 6) is 6.87. The van der Waals surface area contributed by atoms with Gasteiger partial charge in [-0.05, 0) is 25.0 Å². The zero-order valence-electron chi connectivity index (χ0n) is 18.0. The monoisotopic (exact) mass is 412 g/mol. The van der Waals surface area contributed by atoms with E-state index in [2.05, 4.69) is 32.4 Å². The van der Waals surface area contributed by atoms with Gasteiger partial charge in [0, 0.05) is 44.2 Å². The van der Waals surface area contributed by atoms with Crippen LogP contribution in [0.25, 0.3) is 0 Å². The normalized spacial score (nSPS) is 19.8. The Balaban J connectivity index is 1.66. The van der Waals surface area contributed by atoms with E-state index in [1.54, 1.807) is 12.3 Å². The van der Waals surface area contributed by atoms with Crippen molar-refractivity contribution in [3.05, 3.63) is 23.9 Å². The first-order valence-corrected chi connectivity index (χ1v) is 10.8. The lowest BCUT2D eigenvalue weighted by Gasteiger charge is -2.35. The summed E-state index contributed by atoms with van der Waals surface area (Å²) < 4.78 is 5.39. The molecule has 0 unspecified atom stereocenters. The third-order valence-corrected chi connectivity index (χ3v) is 5.67. The molecule has 2 aliphatic rings. The van der Waals surface area contributed by atoms with E-state index in [0.29, 0.717) is 5.82 Å². The van der Waals surface area contributed by atoms with E-state index in [-0.39, 0.29) is 17.7 Å². The molecule has 162 valence electrons. The topological polar surface area (TPSA) is 83.6 Å². The number of ether oxygens (including phenoxy) is 1. The maximum absolute atomic E-state index is 13.0. The van der Waals surface area contributed by atoms with Crippen molar-refractivity contribution in [3.63, 3.8) is 0 Å². The van der Waals surface area contributed by atoms with Crippen molar-refractivity contribution < 1.29 is 14.3 Å². The van der Waals surface area contributed by atoms with Gasteiger partial charge in [0.15, 0.2) is 0 Å². The first-order valence-electron chi connectivity index (χ1n) is 10.8. The molecule has 0 spiro atoms. The lowest BCUT2D eigenvalue weighted by Crippen LogP contribution is -2.52. The molecule has 1 aromatic rings. The van der Waals surface area contributed by atoms with Crippen LogP contribution in [0.1, 0.15) is 51.5 Å². The summed E-state index contributed by atoms with van der Waals surface area (Å²) in [6.07, 6.45) is 6.69. The van der Waals surface area contributed by atoms with Gasteiger partial charge >= 0.3 is 0 Å². The molecule has 3 rings (SSSR count). The van der Waals surface area contributed by atoms with E-state index in [4.69, 9.17) is 4.74 Å². The van der Waals surface area contributed by atoms with E-state index in [9.17, 15) is 9.59 Å². The first kappa shape index (κ1) is 22.3. The maximum atomic E-state index is 13.0. The van der Waals surface area contributed by atoms with Gasteiger partial charge in [0.2, 0.25) is 11.8 Å². The average molecular weight is 413 g/mol. The van der Waals surface area contributed by atoms with Crippen molar-refractivity contribution in [2.75, 3.05) is 38.2 Å². The van der Waals surface area contributed by atoms with Gasteiger partial charge in [-0.1, -0.05) is 38.0 Å². The highest BCUT2D eigenvalue weighted by molar-refractivity contribution is 5.87. The second-order valence-electron chi connectivity index (χ2n) is 8.31. The highest BCUT2D eigenvalue weighted by Gasteiger charge is 2.33. The number of hydrogen-bond acceptors (Lipinski definition) is 5. The minimum Gasteiger partial charge on any atom is -0.379 e. The van der Waals surface area contributed by atoms with Crippen molar-refractivity contribution in [2.45, 2.75) is 51.5 Å². The van der Waals surface area contributed by atoms with Crippen molar-refractivity contribution in [2.24, 2.45) is 5.92 Å². The van der Waals surface area contributed by atoms with Crippen LogP contribution in [0.3, 0.4) is 0 Å². The van der Waals surface area contributed by atoms with Crippen LogP contribution in [0.2, 0.25) is 0 Å². The molecule has 0 radical (unpaired) electrons. The van der Waals surface area contributed by atoms with Crippen LogP contribution in [-0.2, 0) is 14.3 Å². The highest BCUT2D eigenvalue weighted by Crippen LogP contribution is 2.28. The van der Waals surface area contributed by atoms with Gasteiger partial charge in [-0.15, -0.1) is 0 Å². The van der Waals surface area contributed by atoms with Crippen LogP contribution >= 0.6 is 0 Å². The van der Waals surface area contributed by atoms with Crippen LogP contribution in [0.15, 0.2) is 18.3 Å². The predicted octanol–water partition coefficient (Wildman–Crippen LogP) is 2.18. The number of carbonyl (C=O) groups excluding carboxylic acids is 2. The van der Waals surface area contributed by atoms with E-state index >= 15 is 0 Å². The molecule has 2 amide bonds. The molecule has 7 nitrogen and oxygen atoms in total. The standard InChI is InChI=1S/C23H32N4O3/c1-18(17-27-12-14-30-15-13-27)22(29)26-23(9-4-3-5-10-23)11-8-20-6-7-21(24-16-20)25-19(2)28/h6-7,16,18H,3-5,9-10,12-15,17H2,1-2H3,(H,26,29)(H,24,25,28)/t18-/m1/s1. The molecule has 0 bridgehead atoms. The number of hydrogen-bond donors (Lipinski definition) is 2. The summed E-state index contributed by atoms with van der Waals surface area (Å²) in [4.78, 5) is 30.6. The second-order valence-corrected chi connectivity index (χ2v) is 8.31. The third kappa shape index (κ3) is 6.54. The molecule has 2 heterocycles. The minimum absolute atomic E-state index is 0.0665. The predicted molar refractivity (Wildman–Crippen MR) is 116 cm³/mol. The molecule has 1 saturated heterocycles. The van der Waals surface area contributed by atoms with Crippen molar-refractivity contribution in [1.29, 1.82) is 0 Å². The Labute approximate surface area is 179 Å². The second kappa shape index (κ2) is 10.6. The number of rotatable bonds is 5. The zero-order valence-corrected chi connectivity index (χ0v) is 18.0. The number of nitrogens with one attached hydrogen (secondary N) is 2. The summed E-state index contributed by atoms with van der Waals surface area (Å²) in [7, 11) is 0. The van der Waals surface area contributed by atoms with Crippen LogP contribution in [0.4, 0.5) is 5.82 Å². The number of carbonyl (C=O) groups is 2. The van der Waals surface area contributed by atoms with Gasteiger partial charge in [-0.3, -0.25) is 14.5 Å². The Morgan fingerprint density at radius 3 is 2.60 bits per heavy atom. The maximum Gasteiger partial charge on any atom is 0.225 e. The summed E-state index contributed by atoms with van der Waals surface area (Å²) in [6, 6.07) is 3.58. The first-order chi connectivity index (χ1) is 14.5. The number of anilines is 1. The molecule has 30 heavy (non-hydrogen) atoms. The summed E-state index contributed by atoms with van der Waals surface area (Å²) in [6.45, 7) is 7.41. The van der Waals surface area contributed by atoms with Gasteiger partial charge in [0.05, 0.1) is 13.2 Å². The Morgan fingerprint density at radius 1 is 1.23 bits per heavy atom. The summed E-state index contributed by atoms with van der Waals surface area (Å²) >= 11 is 0. The number of pyridine rings is 1. The lowest BCUT2D eigenvalue weighted by atomic mass is 9.81. The van der Waals surface area contributed by atoms with Gasteiger partial charge < -0.3 is 15.4 Å². The largest absolute Gasteiger partial charge is 0.379 e. The van der Waals surface area contributed by atoms with Gasteiger partial charge in [0.1, 0.15) is 11.4 Å². The Morgan fingerprint density at radius 2 is 1.97 bits per heavy atom. The van der Waals surface area contributed by atoms with Crippen molar-refractivity contribution in [1.82, 2.24) is 15.2 Å². The van der Waals surface area contributed by atoms with Crippen LogP contribution in [0, 0.1) is 17.8 Å². The molecule has 1 aromatic heterocycles. The summed E-state index contributed by atoms with van der Waals surface area (Å²) in [5, 5.41) is 5.93. The van der Waals surface area contributed by atoms with Crippen LogP contribution < -0.4 is 10.6 Å². The fourth-order valence-corrected chi connectivity index (χ4v) is 3.96. The van der Waals surface area contributed by atoms with Crippen LogP contribution in [-0.4, -0.2) is 60.1 Å². The number of amides is 2. The number of aromatic nitrogens is 1. The molecule has 1 aliphatic carbocycles. The SMILES string of the molecule is CC(=O)Nc1ccc(C#CC2(NC(=O)[C@H](C)CN3CCOCC3)CCCCC2)cn1. The fraction of sp³-hybridized carbons (Fsp3) is 0.609. The molecule has 1 atom stereocenters. The molecular formula is C23H32N4O3. The molecule has 2 fully saturated rings. The number of morpholine rings is 1. The van der Waals surface area contributed by atoms with Gasteiger partial charge in [-0.2, -0.15) is 0 Å². The van der Waals surface area contributed by atoms with Crippen molar-refractivity contribution in [3.8, 4) is 11.8 Å². The third-order valence-electron chi connectivity index (χ3n) is 5.67. The zero-order chi connectivity index (χ0) is 21.4. The molecule has 0 aromatic carbocycles. The smallest absolute Gasteiger partial charge is 0.225 e. The minimum atomic E-state index is -0.481. The Hall–Kier alpha value is -2.43. The van der Waals surface area contributed by atoms with Crippen LogP contribution in [0.5, 0.6) is 0 Å². The van der Waals surface area contributed by atoms with E-state index in [1.807, 2.05) is 13.0 Å². The van der Waals surface area contributed by atoms with E-state index in [1.165, 1.54) is 13.3 Å².